The van der Waals surface area contributed by atoms with Crippen molar-refractivity contribution in [1.82, 2.24) is 4.90 Å². The number of hydrogen-bond donors (Lipinski definition) is 1. The van der Waals surface area contributed by atoms with E-state index in [1.807, 2.05) is 0 Å². The highest BCUT2D eigenvalue weighted by Crippen LogP contribution is 2.19. The maximum Gasteiger partial charge on any atom is 0.222 e. The standard InChI is InChI=1S/C11H19NO3/c13-10(9-4-6-15-8-9)7-12-5-2-1-3-11(12)14/h9-10,13H,1-8H2. The van der Waals surface area contributed by atoms with Crippen LogP contribution in [0.1, 0.15) is 25.7 Å². The van der Waals surface area contributed by atoms with E-state index in [1.54, 1.807) is 4.90 Å². The van der Waals surface area contributed by atoms with Gasteiger partial charge in [-0.25, -0.2) is 0 Å². The second-order valence-electron chi connectivity index (χ2n) is 4.49. The molecule has 0 aromatic carbocycles. The molecule has 0 radical (unpaired) electrons. The number of likely N-dealkylation sites (tertiary alicyclic amines) is 1. The van der Waals surface area contributed by atoms with Crippen LogP contribution in [0.3, 0.4) is 0 Å². The van der Waals surface area contributed by atoms with E-state index < -0.39 is 6.10 Å². The molecule has 86 valence electrons. The molecule has 15 heavy (non-hydrogen) atoms. The third-order valence-corrected chi connectivity index (χ3v) is 3.34. The van der Waals surface area contributed by atoms with Gasteiger partial charge in [0, 0.05) is 32.0 Å². The first-order valence-corrected chi connectivity index (χ1v) is 5.81. The maximum absolute atomic E-state index is 11.5. The van der Waals surface area contributed by atoms with Crippen LogP contribution in [-0.4, -0.2) is 48.3 Å². The SMILES string of the molecule is O=C1CCCCN1CC(O)C1CCOC1. The highest BCUT2D eigenvalue weighted by molar-refractivity contribution is 5.76. The largest absolute Gasteiger partial charge is 0.391 e. The Morgan fingerprint density at radius 3 is 3.07 bits per heavy atom. The van der Waals surface area contributed by atoms with Crippen molar-refractivity contribution in [1.29, 1.82) is 0 Å². The number of nitrogens with zero attached hydrogens (tertiary/aromatic N) is 1. The van der Waals surface area contributed by atoms with Gasteiger partial charge in [0.05, 0.1) is 12.7 Å². The first-order valence-electron chi connectivity index (χ1n) is 5.81. The Labute approximate surface area is 90.2 Å². The van der Waals surface area contributed by atoms with Crippen LogP contribution >= 0.6 is 0 Å². The number of ether oxygens (including phenoxy) is 1. The summed E-state index contributed by atoms with van der Waals surface area (Å²) < 4.78 is 5.23. The first kappa shape index (κ1) is 10.9. The van der Waals surface area contributed by atoms with Crippen molar-refractivity contribution in [2.24, 2.45) is 5.92 Å². The van der Waals surface area contributed by atoms with E-state index >= 15 is 0 Å². The van der Waals surface area contributed by atoms with Crippen LogP contribution in [0.15, 0.2) is 0 Å². The van der Waals surface area contributed by atoms with Crippen LogP contribution in [0.4, 0.5) is 0 Å². The van der Waals surface area contributed by atoms with Crippen molar-refractivity contribution in [2.45, 2.75) is 31.8 Å². The molecule has 0 spiro atoms. The van der Waals surface area contributed by atoms with Gasteiger partial charge in [0.2, 0.25) is 5.91 Å². The fraction of sp³-hybridized carbons (Fsp3) is 0.909. The smallest absolute Gasteiger partial charge is 0.222 e. The number of aliphatic hydroxyl groups excluding tert-OH is 1. The van der Waals surface area contributed by atoms with E-state index in [2.05, 4.69) is 0 Å². The number of carbonyl (C=O) groups excluding carboxylic acids is 1. The summed E-state index contributed by atoms with van der Waals surface area (Å²) in [5.41, 5.74) is 0. The monoisotopic (exact) mass is 213 g/mol. The number of amides is 1. The molecule has 0 bridgehead atoms. The van der Waals surface area contributed by atoms with Crippen molar-refractivity contribution in [3.05, 3.63) is 0 Å². The Bertz CT molecular complexity index is 226. The van der Waals surface area contributed by atoms with E-state index in [1.165, 1.54) is 0 Å². The summed E-state index contributed by atoms with van der Waals surface area (Å²) in [6.45, 7) is 2.69. The van der Waals surface area contributed by atoms with Crippen molar-refractivity contribution >= 4 is 5.91 Å². The molecule has 1 N–H and O–H groups in total. The lowest BCUT2D eigenvalue weighted by Gasteiger charge is -2.30. The van der Waals surface area contributed by atoms with Gasteiger partial charge >= 0.3 is 0 Å². The Morgan fingerprint density at radius 2 is 2.40 bits per heavy atom. The topological polar surface area (TPSA) is 49.8 Å². The molecule has 2 saturated heterocycles. The van der Waals surface area contributed by atoms with Crippen LogP contribution in [0, 0.1) is 5.92 Å². The van der Waals surface area contributed by atoms with Crippen LogP contribution in [0.5, 0.6) is 0 Å². The van der Waals surface area contributed by atoms with Crippen molar-refractivity contribution in [3.63, 3.8) is 0 Å². The van der Waals surface area contributed by atoms with Gasteiger partial charge in [-0.15, -0.1) is 0 Å². The average Bonchev–Trinajstić information content (AvgIpc) is 2.74. The number of hydrogen-bond acceptors (Lipinski definition) is 3. The fourth-order valence-electron chi connectivity index (χ4n) is 2.29. The lowest BCUT2D eigenvalue weighted by Crippen LogP contribution is -2.42. The van der Waals surface area contributed by atoms with Crippen LogP contribution in [-0.2, 0) is 9.53 Å². The van der Waals surface area contributed by atoms with Crippen molar-refractivity contribution < 1.29 is 14.6 Å². The summed E-state index contributed by atoms with van der Waals surface area (Å²) in [6.07, 6.45) is 3.23. The molecule has 2 rings (SSSR count). The number of aliphatic hydroxyl groups is 1. The lowest BCUT2D eigenvalue weighted by molar-refractivity contribution is -0.135. The third-order valence-electron chi connectivity index (χ3n) is 3.34. The molecule has 2 unspecified atom stereocenters. The van der Waals surface area contributed by atoms with E-state index in [0.717, 1.165) is 32.4 Å². The maximum atomic E-state index is 11.5. The number of carbonyl (C=O) groups is 1. The second kappa shape index (κ2) is 4.94. The Hall–Kier alpha value is -0.610. The van der Waals surface area contributed by atoms with Crippen molar-refractivity contribution in [3.8, 4) is 0 Å². The van der Waals surface area contributed by atoms with Crippen LogP contribution < -0.4 is 0 Å². The summed E-state index contributed by atoms with van der Waals surface area (Å²) in [4.78, 5) is 13.3. The zero-order chi connectivity index (χ0) is 10.7. The molecule has 2 aliphatic heterocycles. The minimum atomic E-state index is -0.408. The van der Waals surface area contributed by atoms with Gasteiger partial charge in [-0.05, 0) is 19.3 Å². The van der Waals surface area contributed by atoms with Gasteiger partial charge < -0.3 is 14.7 Å². The van der Waals surface area contributed by atoms with Gasteiger partial charge in [-0.1, -0.05) is 0 Å². The predicted octanol–water partition coefficient (Wildman–Crippen LogP) is 0.396. The minimum Gasteiger partial charge on any atom is -0.391 e. The van der Waals surface area contributed by atoms with Crippen LogP contribution in [0.25, 0.3) is 0 Å². The molecule has 2 heterocycles. The third kappa shape index (κ3) is 2.69. The van der Waals surface area contributed by atoms with Crippen LogP contribution in [0.2, 0.25) is 0 Å². The number of piperidine rings is 1. The quantitative estimate of drug-likeness (QED) is 0.738. The van der Waals surface area contributed by atoms with Gasteiger partial charge in [-0.2, -0.15) is 0 Å². The molecule has 4 heteroatoms. The molecular weight excluding hydrogens is 194 g/mol. The van der Waals surface area contributed by atoms with E-state index in [4.69, 9.17) is 4.74 Å². The first-order chi connectivity index (χ1) is 7.27. The average molecular weight is 213 g/mol. The molecule has 0 aromatic rings. The molecule has 2 fully saturated rings. The molecule has 0 saturated carbocycles. The summed E-state index contributed by atoms with van der Waals surface area (Å²) in [5.74, 6) is 0.416. The summed E-state index contributed by atoms with van der Waals surface area (Å²) in [5, 5.41) is 9.95. The fourth-order valence-corrected chi connectivity index (χ4v) is 2.29. The molecule has 2 aliphatic rings. The summed E-state index contributed by atoms with van der Waals surface area (Å²) in [6, 6.07) is 0. The normalized spacial score (nSPS) is 29.5. The highest BCUT2D eigenvalue weighted by atomic mass is 16.5. The summed E-state index contributed by atoms with van der Waals surface area (Å²) >= 11 is 0. The molecule has 2 atom stereocenters. The Morgan fingerprint density at radius 1 is 1.53 bits per heavy atom. The molecule has 0 aromatic heterocycles. The summed E-state index contributed by atoms with van der Waals surface area (Å²) in [7, 11) is 0. The van der Waals surface area contributed by atoms with Gasteiger partial charge in [0.25, 0.3) is 0 Å². The molecule has 4 nitrogen and oxygen atoms in total. The lowest BCUT2D eigenvalue weighted by atomic mass is 10.0. The Kier molecular flexibility index (Phi) is 3.59. The molecule has 1 amide bonds. The zero-order valence-corrected chi connectivity index (χ0v) is 9.02. The molecule has 0 aliphatic carbocycles. The van der Waals surface area contributed by atoms with Gasteiger partial charge in [0.15, 0.2) is 0 Å². The second-order valence-corrected chi connectivity index (χ2v) is 4.49. The van der Waals surface area contributed by atoms with E-state index in [0.29, 0.717) is 19.6 Å². The highest BCUT2D eigenvalue weighted by Gasteiger charge is 2.28. The molecular formula is C11H19NO3. The Balaban J connectivity index is 1.81. The van der Waals surface area contributed by atoms with Gasteiger partial charge in [0.1, 0.15) is 0 Å². The minimum absolute atomic E-state index is 0.194. The van der Waals surface area contributed by atoms with E-state index in [9.17, 15) is 9.90 Å². The van der Waals surface area contributed by atoms with Crippen molar-refractivity contribution in [2.75, 3.05) is 26.3 Å². The zero-order valence-electron chi connectivity index (χ0n) is 9.02. The number of β-amino-alcohol motifs (C(OH)–C–C–N with tert-alkyl or cyclic N) is 1. The predicted molar refractivity (Wildman–Crippen MR) is 55.4 cm³/mol. The van der Waals surface area contributed by atoms with E-state index in [-0.39, 0.29) is 11.8 Å². The number of rotatable bonds is 3. The van der Waals surface area contributed by atoms with Gasteiger partial charge in [-0.3, -0.25) is 4.79 Å².